The predicted molar refractivity (Wildman–Crippen MR) is 66.5 cm³/mol. The first-order valence-electron chi connectivity index (χ1n) is 4.85. The highest BCUT2D eigenvalue weighted by Gasteiger charge is 2.17. The van der Waals surface area contributed by atoms with Gasteiger partial charge in [0.05, 0.1) is 6.26 Å². The molecule has 2 aliphatic heterocycles. The molecule has 0 aliphatic carbocycles. The first-order valence-corrected chi connectivity index (χ1v) is 4.85. The van der Waals surface area contributed by atoms with E-state index in [0.29, 0.717) is 12.6 Å². The first-order chi connectivity index (χ1) is 6.36. The lowest BCUT2D eigenvalue weighted by Gasteiger charge is -2.33. The van der Waals surface area contributed by atoms with Crippen molar-refractivity contribution in [3.05, 3.63) is 24.1 Å². The second-order valence-corrected chi connectivity index (χ2v) is 3.59. The van der Waals surface area contributed by atoms with E-state index in [9.17, 15) is 0 Å². The molecule has 0 unspecified atom stereocenters. The van der Waals surface area contributed by atoms with E-state index in [0.717, 1.165) is 25.9 Å². The molecule has 2 rings (SSSR count). The van der Waals surface area contributed by atoms with E-state index in [1.807, 2.05) is 6.08 Å². The zero-order valence-corrected chi connectivity index (χ0v) is 10.2. The highest BCUT2D eigenvalue weighted by atomic mass is 35.5. The third-order valence-corrected chi connectivity index (χ3v) is 2.63. The Morgan fingerprint density at radius 1 is 1.27 bits per heavy atom. The van der Waals surface area contributed by atoms with Crippen molar-refractivity contribution < 1.29 is 4.74 Å². The molecule has 0 atom stereocenters. The Bertz CT molecular complexity index is 236. The molecule has 1 fully saturated rings. The number of hydrogen-bond donors (Lipinski definition) is 1. The largest absolute Gasteiger partial charge is 0.497 e. The molecule has 88 valence electrons. The van der Waals surface area contributed by atoms with Crippen LogP contribution < -0.4 is 5.73 Å². The van der Waals surface area contributed by atoms with E-state index in [4.69, 9.17) is 10.5 Å². The molecule has 3 nitrogen and oxygen atoms in total. The maximum atomic E-state index is 5.84. The van der Waals surface area contributed by atoms with Crippen molar-refractivity contribution in [1.29, 1.82) is 0 Å². The van der Waals surface area contributed by atoms with Crippen LogP contribution in [0, 0.1) is 0 Å². The third-order valence-electron chi connectivity index (χ3n) is 2.63. The summed E-state index contributed by atoms with van der Waals surface area (Å²) in [4.78, 5) is 2.38. The van der Waals surface area contributed by atoms with Crippen molar-refractivity contribution >= 4 is 24.8 Å². The van der Waals surface area contributed by atoms with Crippen molar-refractivity contribution in [2.45, 2.75) is 18.9 Å². The average Bonchev–Trinajstić information content (AvgIpc) is 2.20. The van der Waals surface area contributed by atoms with Crippen LogP contribution in [-0.2, 0) is 4.74 Å². The van der Waals surface area contributed by atoms with Crippen molar-refractivity contribution in [2.75, 3.05) is 19.7 Å². The van der Waals surface area contributed by atoms with Gasteiger partial charge in [-0.05, 0) is 25.0 Å². The van der Waals surface area contributed by atoms with E-state index >= 15 is 0 Å². The normalized spacial score (nSPS) is 20.9. The Balaban J connectivity index is 0.000000980. The number of ether oxygens (including phenoxy) is 1. The zero-order valence-electron chi connectivity index (χ0n) is 8.59. The lowest BCUT2D eigenvalue weighted by molar-refractivity contribution is 0.245. The van der Waals surface area contributed by atoms with Gasteiger partial charge in [0.25, 0.3) is 0 Å². The predicted octanol–water partition coefficient (Wildman–Crippen LogP) is 1.68. The van der Waals surface area contributed by atoms with Gasteiger partial charge in [-0.2, -0.15) is 0 Å². The number of piperidine rings is 1. The number of likely N-dealkylation sites (tertiary alicyclic amines) is 1. The molecule has 0 radical (unpaired) electrons. The minimum atomic E-state index is 0. The minimum Gasteiger partial charge on any atom is -0.497 e. The monoisotopic (exact) mass is 252 g/mol. The van der Waals surface area contributed by atoms with E-state index < -0.39 is 0 Å². The molecule has 2 heterocycles. The molecule has 1 saturated heterocycles. The van der Waals surface area contributed by atoms with E-state index in [2.05, 4.69) is 11.0 Å². The summed E-state index contributed by atoms with van der Waals surface area (Å²) in [7, 11) is 0. The molecule has 5 heteroatoms. The van der Waals surface area contributed by atoms with Crippen LogP contribution in [0.25, 0.3) is 0 Å². The van der Waals surface area contributed by atoms with Crippen LogP contribution in [0.2, 0.25) is 0 Å². The summed E-state index contributed by atoms with van der Waals surface area (Å²) in [6, 6.07) is 0.403. The number of allylic oxidation sites excluding steroid dienone is 1. The minimum absolute atomic E-state index is 0. The van der Waals surface area contributed by atoms with Crippen molar-refractivity contribution in [2.24, 2.45) is 5.73 Å². The third kappa shape index (κ3) is 3.93. The second-order valence-electron chi connectivity index (χ2n) is 3.59. The van der Waals surface area contributed by atoms with Crippen molar-refractivity contribution in [3.63, 3.8) is 0 Å². The topological polar surface area (TPSA) is 38.5 Å². The van der Waals surface area contributed by atoms with Gasteiger partial charge >= 0.3 is 0 Å². The van der Waals surface area contributed by atoms with E-state index in [-0.39, 0.29) is 24.8 Å². The SMILES string of the molecule is Cl.Cl.NC1CCN(C2=CCOC=C2)CC1. The first kappa shape index (κ1) is 14.6. The van der Waals surface area contributed by atoms with Crippen LogP contribution in [-0.4, -0.2) is 30.6 Å². The van der Waals surface area contributed by atoms with Crippen molar-refractivity contribution in [3.8, 4) is 0 Å². The van der Waals surface area contributed by atoms with Gasteiger partial charge in [0.15, 0.2) is 0 Å². The Hall–Kier alpha value is -0.380. The van der Waals surface area contributed by atoms with Gasteiger partial charge in [-0.1, -0.05) is 0 Å². The molecule has 0 aromatic carbocycles. The number of nitrogens with zero attached hydrogens (tertiary/aromatic N) is 1. The number of hydrogen-bond acceptors (Lipinski definition) is 3. The molecule has 0 aromatic rings. The molecule has 2 N–H and O–H groups in total. The van der Waals surface area contributed by atoms with E-state index in [1.165, 1.54) is 5.70 Å². The highest BCUT2D eigenvalue weighted by Crippen LogP contribution is 2.16. The van der Waals surface area contributed by atoms with Gasteiger partial charge in [0.1, 0.15) is 6.61 Å². The van der Waals surface area contributed by atoms with Crippen molar-refractivity contribution in [1.82, 2.24) is 4.90 Å². The Morgan fingerprint density at radius 2 is 1.93 bits per heavy atom. The fraction of sp³-hybridized carbons (Fsp3) is 0.600. The molecular weight excluding hydrogens is 235 g/mol. The summed E-state index contributed by atoms with van der Waals surface area (Å²) in [5.41, 5.74) is 7.13. The molecule has 0 bridgehead atoms. The lowest BCUT2D eigenvalue weighted by Crippen LogP contribution is -2.39. The molecule has 15 heavy (non-hydrogen) atoms. The summed E-state index contributed by atoms with van der Waals surface area (Å²) in [6.45, 7) is 2.86. The lowest BCUT2D eigenvalue weighted by atomic mass is 10.1. The van der Waals surface area contributed by atoms with Crippen LogP contribution in [0.5, 0.6) is 0 Å². The Morgan fingerprint density at radius 3 is 2.47 bits per heavy atom. The average molecular weight is 253 g/mol. The number of nitrogens with two attached hydrogens (primary N) is 1. The molecule has 0 amide bonds. The van der Waals surface area contributed by atoms with Gasteiger partial charge in [0, 0.05) is 24.8 Å². The molecule has 0 spiro atoms. The summed E-state index contributed by atoms with van der Waals surface area (Å²) < 4.78 is 5.10. The molecule has 2 aliphatic rings. The molecule has 0 saturated carbocycles. The zero-order chi connectivity index (χ0) is 9.10. The van der Waals surface area contributed by atoms with Gasteiger partial charge < -0.3 is 15.4 Å². The van der Waals surface area contributed by atoms with E-state index in [1.54, 1.807) is 6.26 Å². The maximum absolute atomic E-state index is 5.84. The van der Waals surface area contributed by atoms with Crippen LogP contribution >= 0.6 is 24.8 Å². The van der Waals surface area contributed by atoms with Gasteiger partial charge in [-0.3, -0.25) is 0 Å². The fourth-order valence-electron chi connectivity index (χ4n) is 1.77. The maximum Gasteiger partial charge on any atom is 0.108 e. The Labute approximate surface area is 103 Å². The summed E-state index contributed by atoms with van der Waals surface area (Å²) in [6.07, 6.45) is 8.12. The van der Waals surface area contributed by atoms with Crippen LogP contribution in [0.1, 0.15) is 12.8 Å². The second kappa shape index (κ2) is 6.99. The molecule has 0 aromatic heterocycles. The number of rotatable bonds is 1. The number of halogens is 2. The van der Waals surface area contributed by atoms with Gasteiger partial charge in [0.2, 0.25) is 0 Å². The van der Waals surface area contributed by atoms with Crippen LogP contribution in [0.15, 0.2) is 24.1 Å². The molecular formula is C10H18Cl2N2O. The summed E-state index contributed by atoms with van der Waals surface area (Å²) in [5.74, 6) is 0. The summed E-state index contributed by atoms with van der Waals surface area (Å²) >= 11 is 0. The quantitative estimate of drug-likeness (QED) is 0.772. The van der Waals surface area contributed by atoms with Crippen LogP contribution in [0.4, 0.5) is 0 Å². The standard InChI is InChI=1S/C10H16N2O.2ClH/c11-9-1-5-12(6-2-9)10-3-7-13-8-4-10;;/h3-4,7,9H,1-2,5-6,8,11H2;2*1H. The van der Waals surface area contributed by atoms with Crippen LogP contribution in [0.3, 0.4) is 0 Å². The summed E-state index contributed by atoms with van der Waals surface area (Å²) in [5, 5.41) is 0. The Kier molecular flexibility index (Phi) is 6.81. The smallest absolute Gasteiger partial charge is 0.108 e. The van der Waals surface area contributed by atoms with Gasteiger partial charge in [-0.25, -0.2) is 0 Å². The van der Waals surface area contributed by atoms with Gasteiger partial charge in [-0.15, -0.1) is 24.8 Å². The fourth-order valence-corrected chi connectivity index (χ4v) is 1.77. The highest BCUT2D eigenvalue weighted by molar-refractivity contribution is 5.85.